The van der Waals surface area contributed by atoms with Crippen LogP contribution in [0.1, 0.15) is 24.3 Å². The lowest BCUT2D eigenvalue weighted by atomic mass is 9.90. The molecule has 4 heterocycles. The Morgan fingerprint density at radius 2 is 2.13 bits per heavy atom. The predicted molar refractivity (Wildman–Crippen MR) is 96.4 cm³/mol. The Balaban J connectivity index is 1.69. The van der Waals surface area contributed by atoms with Gasteiger partial charge in [-0.1, -0.05) is 30.3 Å². The molecule has 1 aromatic carbocycles. The second-order valence-electron chi connectivity index (χ2n) is 6.68. The van der Waals surface area contributed by atoms with Crippen molar-refractivity contribution in [2.24, 2.45) is 0 Å². The zero-order valence-electron chi connectivity index (χ0n) is 13.2. The lowest BCUT2D eigenvalue weighted by molar-refractivity contribution is 0.403. The third-order valence-corrected chi connectivity index (χ3v) is 6.43. The highest BCUT2D eigenvalue weighted by Gasteiger charge is 2.42. The Labute approximate surface area is 141 Å². The van der Waals surface area contributed by atoms with E-state index in [2.05, 4.69) is 46.6 Å². The minimum absolute atomic E-state index is 0.627. The SMILES string of the molecule is c1ccc(-c2cc3c4c(n2)SCCCN4C2CCNCC32)cc1. The smallest absolute Gasteiger partial charge is 0.120 e. The Morgan fingerprint density at radius 3 is 3.04 bits per heavy atom. The fraction of sp³-hybridized carbons (Fsp3) is 0.421. The number of thioether (sulfide) groups is 1. The summed E-state index contributed by atoms with van der Waals surface area (Å²) in [5.74, 6) is 1.81. The molecule has 118 valence electrons. The molecule has 0 bridgehead atoms. The first kappa shape index (κ1) is 13.9. The summed E-state index contributed by atoms with van der Waals surface area (Å²) in [4.78, 5) is 7.73. The predicted octanol–water partition coefficient (Wildman–Crippen LogP) is 3.51. The van der Waals surface area contributed by atoms with Gasteiger partial charge in [-0.2, -0.15) is 0 Å². The van der Waals surface area contributed by atoms with Gasteiger partial charge in [0.1, 0.15) is 5.03 Å². The second kappa shape index (κ2) is 5.53. The van der Waals surface area contributed by atoms with Gasteiger partial charge in [-0.05, 0) is 31.0 Å². The number of rotatable bonds is 1. The summed E-state index contributed by atoms with van der Waals surface area (Å²) in [5, 5.41) is 4.86. The average Bonchev–Trinajstić information content (AvgIpc) is 2.77. The molecule has 3 nitrogen and oxygen atoms in total. The quantitative estimate of drug-likeness (QED) is 0.869. The number of benzene rings is 1. The van der Waals surface area contributed by atoms with E-state index in [-0.39, 0.29) is 0 Å². The summed E-state index contributed by atoms with van der Waals surface area (Å²) in [6, 6.07) is 13.7. The van der Waals surface area contributed by atoms with Gasteiger partial charge in [0.05, 0.1) is 11.4 Å². The van der Waals surface area contributed by atoms with Crippen molar-refractivity contribution in [2.45, 2.75) is 29.8 Å². The van der Waals surface area contributed by atoms with Crippen molar-refractivity contribution in [1.29, 1.82) is 0 Å². The van der Waals surface area contributed by atoms with E-state index in [9.17, 15) is 0 Å². The van der Waals surface area contributed by atoms with Gasteiger partial charge in [0.25, 0.3) is 0 Å². The van der Waals surface area contributed by atoms with E-state index in [1.54, 1.807) is 0 Å². The van der Waals surface area contributed by atoms with Crippen LogP contribution >= 0.6 is 11.8 Å². The molecule has 1 aromatic heterocycles. The van der Waals surface area contributed by atoms with Crippen LogP contribution in [-0.2, 0) is 0 Å². The van der Waals surface area contributed by atoms with Crippen LogP contribution in [0.5, 0.6) is 0 Å². The van der Waals surface area contributed by atoms with Gasteiger partial charge >= 0.3 is 0 Å². The topological polar surface area (TPSA) is 28.2 Å². The van der Waals surface area contributed by atoms with Gasteiger partial charge in [0, 0.05) is 36.4 Å². The summed E-state index contributed by atoms with van der Waals surface area (Å²) in [7, 11) is 0. The summed E-state index contributed by atoms with van der Waals surface area (Å²) in [5.41, 5.74) is 5.35. The molecule has 3 aliphatic heterocycles. The third-order valence-electron chi connectivity index (χ3n) is 5.37. The van der Waals surface area contributed by atoms with E-state index >= 15 is 0 Å². The standard InChI is InChI=1S/C19H21N3S/c1-2-5-13(6-3-1)16-11-14-15-12-20-8-7-17(15)22-9-4-10-23-19(21-16)18(14)22/h1-3,5-6,11,15,17,20H,4,7-10,12H2. The number of hydrogen-bond acceptors (Lipinski definition) is 4. The Kier molecular flexibility index (Phi) is 3.34. The fourth-order valence-electron chi connectivity index (χ4n) is 4.34. The maximum Gasteiger partial charge on any atom is 0.120 e. The summed E-state index contributed by atoms with van der Waals surface area (Å²) < 4.78 is 0. The van der Waals surface area contributed by atoms with Crippen LogP contribution in [0.4, 0.5) is 5.69 Å². The second-order valence-corrected chi connectivity index (χ2v) is 7.76. The molecule has 2 unspecified atom stereocenters. The Morgan fingerprint density at radius 1 is 1.22 bits per heavy atom. The van der Waals surface area contributed by atoms with Gasteiger partial charge in [0.2, 0.25) is 0 Å². The molecule has 0 aliphatic carbocycles. The molecular formula is C19H21N3S. The number of fused-ring (bicyclic) bond motifs is 3. The highest BCUT2D eigenvalue weighted by atomic mass is 32.2. The van der Waals surface area contributed by atoms with Crippen LogP contribution in [0.2, 0.25) is 0 Å². The molecule has 0 spiro atoms. The van der Waals surface area contributed by atoms with E-state index < -0.39 is 0 Å². The van der Waals surface area contributed by atoms with E-state index in [0.717, 1.165) is 18.8 Å². The van der Waals surface area contributed by atoms with Gasteiger partial charge in [0.15, 0.2) is 0 Å². The Hall–Kier alpha value is -1.52. The number of hydrogen-bond donors (Lipinski definition) is 1. The molecule has 23 heavy (non-hydrogen) atoms. The lowest BCUT2D eigenvalue weighted by Gasteiger charge is -2.33. The van der Waals surface area contributed by atoms with Crippen molar-refractivity contribution in [3.63, 3.8) is 0 Å². The average molecular weight is 323 g/mol. The highest BCUT2D eigenvalue weighted by Crippen LogP contribution is 2.49. The van der Waals surface area contributed by atoms with Crippen LogP contribution in [-0.4, -0.2) is 36.4 Å². The molecule has 0 radical (unpaired) electrons. The van der Waals surface area contributed by atoms with Crippen LogP contribution < -0.4 is 10.2 Å². The van der Waals surface area contributed by atoms with E-state index in [1.165, 1.54) is 47.0 Å². The molecule has 2 atom stereocenters. The minimum Gasteiger partial charge on any atom is -0.365 e. The van der Waals surface area contributed by atoms with Crippen molar-refractivity contribution < 1.29 is 0 Å². The first-order chi connectivity index (χ1) is 11.4. The molecule has 0 saturated carbocycles. The molecule has 1 fully saturated rings. The monoisotopic (exact) mass is 323 g/mol. The number of nitrogens with one attached hydrogen (secondary N) is 1. The van der Waals surface area contributed by atoms with E-state index in [1.807, 2.05) is 11.8 Å². The van der Waals surface area contributed by atoms with Crippen molar-refractivity contribution in [1.82, 2.24) is 10.3 Å². The molecule has 5 rings (SSSR count). The molecule has 2 aromatic rings. The maximum atomic E-state index is 5.05. The highest BCUT2D eigenvalue weighted by molar-refractivity contribution is 7.99. The molecule has 0 amide bonds. The fourth-order valence-corrected chi connectivity index (χ4v) is 5.35. The number of aromatic nitrogens is 1. The van der Waals surface area contributed by atoms with Gasteiger partial charge < -0.3 is 10.2 Å². The van der Waals surface area contributed by atoms with Crippen molar-refractivity contribution in [2.75, 3.05) is 30.3 Å². The van der Waals surface area contributed by atoms with E-state index in [4.69, 9.17) is 4.98 Å². The van der Waals surface area contributed by atoms with Crippen molar-refractivity contribution >= 4 is 17.4 Å². The van der Waals surface area contributed by atoms with Crippen LogP contribution in [0.3, 0.4) is 0 Å². The largest absolute Gasteiger partial charge is 0.365 e. The van der Waals surface area contributed by atoms with Gasteiger partial charge in [-0.15, -0.1) is 11.8 Å². The Bertz CT molecular complexity index is 731. The summed E-state index contributed by atoms with van der Waals surface area (Å²) in [6.45, 7) is 3.45. The zero-order valence-corrected chi connectivity index (χ0v) is 14.0. The van der Waals surface area contributed by atoms with Gasteiger partial charge in [-0.3, -0.25) is 0 Å². The number of anilines is 1. The molecule has 4 heteroatoms. The van der Waals surface area contributed by atoms with Crippen LogP contribution in [0.25, 0.3) is 11.3 Å². The lowest BCUT2D eigenvalue weighted by Crippen LogP contribution is -2.44. The van der Waals surface area contributed by atoms with Crippen LogP contribution in [0, 0.1) is 0 Å². The maximum absolute atomic E-state index is 5.05. The number of pyridine rings is 1. The van der Waals surface area contributed by atoms with Gasteiger partial charge in [-0.25, -0.2) is 4.98 Å². The molecule has 1 saturated heterocycles. The summed E-state index contributed by atoms with van der Waals surface area (Å²) >= 11 is 1.95. The normalized spacial score (nSPS) is 25.7. The number of piperidine rings is 1. The molecular weight excluding hydrogens is 302 g/mol. The molecule has 3 aliphatic rings. The first-order valence-electron chi connectivity index (χ1n) is 8.62. The van der Waals surface area contributed by atoms with Crippen molar-refractivity contribution in [3.8, 4) is 11.3 Å². The van der Waals surface area contributed by atoms with Crippen LogP contribution in [0.15, 0.2) is 41.4 Å². The summed E-state index contributed by atoms with van der Waals surface area (Å²) in [6.07, 6.45) is 2.52. The zero-order chi connectivity index (χ0) is 15.2. The minimum atomic E-state index is 0.627. The molecule has 1 N–H and O–H groups in total. The third kappa shape index (κ3) is 2.19. The van der Waals surface area contributed by atoms with Crippen molar-refractivity contribution in [3.05, 3.63) is 42.0 Å². The first-order valence-corrected chi connectivity index (χ1v) is 9.61. The number of nitrogens with zero attached hydrogens (tertiary/aromatic N) is 2. The van der Waals surface area contributed by atoms with E-state index in [0.29, 0.717) is 12.0 Å².